The van der Waals surface area contributed by atoms with Crippen molar-refractivity contribution in [3.63, 3.8) is 0 Å². The number of imidazole rings is 1. The molecule has 0 radical (unpaired) electrons. The third-order valence-corrected chi connectivity index (χ3v) is 17.3. The number of nitrogens with one attached hydrogen (secondary N) is 3. The normalized spacial score (nSPS) is 17.7. The van der Waals surface area contributed by atoms with Crippen molar-refractivity contribution in [3.05, 3.63) is 159 Å². The maximum atomic E-state index is 14.6. The summed E-state index contributed by atoms with van der Waals surface area (Å²) in [4.78, 5) is 108. The van der Waals surface area contributed by atoms with Crippen LogP contribution in [0.4, 0.5) is 10.5 Å². The lowest BCUT2D eigenvalue weighted by Gasteiger charge is -2.31. The van der Waals surface area contributed by atoms with Gasteiger partial charge in [0.2, 0.25) is 29.5 Å². The molecule has 1 unspecified atom stereocenters. The molecule has 21 nitrogen and oxygen atoms in total. The number of nitrogens with zero attached hydrogens (tertiary/aromatic N) is 4. The Balaban J connectivity index is 0.600. The Morgan fingerprint density at radius 2 is 1.38 bits per heavy atom. The second-order valence-electron chi connectivity index (χ2n) is 23.1. The molecule has 1 saturated heterocycles. The van der Waals surface area contributed by atoms with Crippen LogP contribution in [0.3, 0.4) is 0 Å². The van der Waals surface area contributed by atoms with Gasteiger partial charge in [0.15, 0.2) is 0 Å². The predicted octanol–water partition coefficient (Wildman–Crippen LogP) is 5.86. The summed E-state index contributed by atoms with van der Waals surface area (Å²) >= 11 is 0. The molecule has 10 rings (SSSR count). The Hall–Kier alpha value is -8.50. The average Bonchev–Trinajstić information content (AvgIpc) is 1.70. The number of hydrogen-bond acceptors (Lipinski definition) is 13. The number of nitrogens with two attached hydrogens (primary N) is 1. The maximum Gasteiger partial charge on any atom is 0.407 e. The van der Waals surface area contributed by atoms with E-state index in [0.29, 0.717) is 69.9 Å². The molecule has 3 aliphatic heterocycles. The van der Waals surface area contributed by atoms with Crippen LogP contribution >= 0.6 is 0 Å². The van der Waals surface area contributed by atoms with E-state index in [0.717, 1.165) is 79.8 Å². The van der Waals surface area contributed by atoms with Crippen LogP contribution in [-0.4, -0.2) is 140 Å². The van der Waals surface area contributed by atoms with Gasteiger partial charge in [0, 0.05) is 52.4 Å². The number of likely N-dealkylation sites (tertiary alicyclic amines) is 1. The van der Waals surface area contributed by atoms with Gasteiger partial charge in [-0.15, -0.1) is 0 Å². The Labute approximate surface area is 511 Å². The number of benzene rings is 5. The number of amides is 7. The lowest BCUT2D eigenvalue weighted by molar-refractivity contribution is -0.149. The van der Waals surface area contributed by atoms with E-state index in [-0.39, 0.29) is 81.4 Å². The first-order chi connectivity index (χ1) is 42.6. The van der Waals surface area contributed by atoms with Crippen molar-refractivity contribution in [2.75, 3.05) is 64.7 Å². The molecule has 6 aromatic rings. The maximum absolute atomic E-state index is 14.6. The largest absolute Gasteiger partial charge is 0.449 e. The van der Waals surface area contributed by atoms with Gasteiger partial charge in [-0.25, -0.2) is 9.59 Å². The number of para-hydroxylation sites is 1. The number of piperidine rings is 1. The minimum atomic E-state index is -0.946. The molecule has 5 atom stereocenters. The quantitative estimate of drug-likeness (QED) is 0.0317. The summed E-state index contributed by atoms with van der Waals surface area (Å²) < 4.78 is 32.1. The first kappa shape index (κ1) is 62.5. The summed E-state index contributed by atoms with van der Waals surface area (Å²) in [5.41, 5.74) is 16.5. The average molecular weight is 1200 g/mol. The van der Waals surface area contributed by atoms with Crippen LogP contribution in [-0.2, 0) is 91.8 Å². The van der Waals surface area contributed by atoms with E-state index in [1.54, 1.807) is 11.6 Å². The van der Waals surface area contributed by atoms with Crippen LogP contribution in [0.1, 0.15) is 103 Å². The van der Waals surface area contributed by atoms with Gasteiger partial charge in [-0.05, 0) is 120 Å². The highest BCUT2D eigenvalue weighted by atomic mass is 16.6. The molecule has 88 heavy (non-hydrogen) atoms. The molecule has 1 fully saturated rings. The highest BCUT2D eigenvalue weighted by molar-refractivity contribution is 6.08. The number of aromatic nitrogens is 2. The number of alkyl carbamates (subject to hydrolysis) is 1. The Kier molecular flexibility index (Phi) is 20.6. The smallest absolute Gasteiger partial charge is 0.407 e. The van der Waals surface area contributed by atoms with Crippen molar-refractivity contribution < 1.29 is 57.2 Å². The Bertz CT molecular complexity index is 3550. The molecule has 4 aliphatic rings. The van der Waals surface area contributed by atoms with Gasteiger partial charge in [-0.2, -0.15) is 0 Å². The molecule has 0 saturated carbocycles. The molecule has 0 spiro atoms. The lowest BCUT2D eigenvalue weighted by Crippen LogP contribution is -2.56. The minimum absolute atomic E-state index is 0.00401. The molecular formula is C67H78N8O13. The van der Waals surface area contributed by atoms with Crippen molar-refractivity contribution >= 4 is 58.3 Å². The minimum Gasteiger partial charge on any atom is -0.449 e. The number of ether oxygens (including phenoxy) is 5. The fourth-order valence-corrected chi connectivity index (χ4v) is 12.5. The standard InChI is InChI=1S/C67H78N8O13/c1-42(53(26-29-59(68)76)70-63(79)58-38-47-14-8-13-46-24-25-54(64(80)75(58)62(46)47)71-66(82)88-40-52-50-17-6-4-15-48(50)49-16-5-7-18-51(49)52)87-39-45-21-19-43(20-22-45)11-9-31-69-60(77)41-86-36-35-85-34-33-84-32-10-12-44-23-27-55-57(37-44)72(2)67(83)74(55)56-28-30-61(78)73(3)65(56)81/h4-8,13-23,27,37,42,52-54,56,58H,9-12,24-26,28-36,38-41H2,1-3H3,(H2,68,76)(H,69,77)(H,70,79)(H,71,82)/t42-,53+,54+,56?,58+/m1/s1. The zero-order valence-electron chi connectivity index (χ0n) is 50.2. The van der Waals surface area contributed by atoms with Gasteiger partial charge in [0.1, 0.15) is 31.3 Å². The Morgan fingerprint density at radius 1 is 0.705 bits per heavy atom. The third kappa shape index (κ3) is 14.6. The third-order valence-electron chi connectivity index (χ3n) is 17.3. The summed E-state index contributed by atoms with van der Waals surface area (Å²) in [5.74, 6) is -2.32. The van der Waals surface area contributed by atoms with Crippen molar-refractivity contribution in [1.82, 2.24) is 30.0 Å². The fourth-order valence-electron chi connectivity index (χ4n) is 12.5. The zero-order valence-corrected chi connectivity index (χ0v) is 50.2. The van der Waals surface area contributed by atoms with Gasteiger partial charge in [0.05, 0.1) is 61.9 Å². The summed E-state index contributed by atoms with van der Waals surface area (Å²) in [6.45, 7) is 4.41. The molecule has 4 heterocycles. The number of rotatable bonds is 29. The second-order valence-corrected chi connectivity index (χ2v) is 23.1. The first-order valence-electron chi connectivity index (χ1n) is 30.5. The van der Waals surface area contributed by atoms with Gasteiger partial charge < -0.3 is 45.4 Å². The number of carbonyl (C=O) groups excluding carboxylic acids is 7. The van der Waals surface area contributed by atoms with Gasteiger partial charge in [-0.1, -0.05) is 97.1 Å². The molecule has 5 aromatic carbocycles. The summed E-state index contributed by atoms with van der Waals surface area (Å²) in [5, 5.41) is 8.84. The van der Waals surface area contributed by atoms with E-state index in [1.807, 2.05) is 104 Å². The topological polar surface area (TPSA) is 261 Å². The zero-order chi connectivity index (χ0) is 61.8. The number of hydrogen-bond donors (Lipinski definition) is 4. The Morgan fingerprint density at radius 3 is 2.11 bits per heavy atom. The molecule has 7 amide bonds. The molecule has 0 bridgehead atoms. The van der Waals surface area contributed by atoms with Crippen LogP contribution in [0.2, 0.25) is 0 Å². The van der Waals surface area contributed by atoms with Gasteiger partial charge in [0.25, 0.3) is 5.91 Å². The summed E-state index contributed by atoms with van der Waals surface area (Å²) in [6.07, 6.45) is 3.49. The highest BCUT2D eigenvalue weighted by Gasteiger charge is 2.45. The summed E-state index contributed by atoms with van der Waals surface area (Å²) in [7, 11) is 3.14. The number of imide groups is 1. The number of fused-ring (bicyclic) bond motifs is 4. The summed E-state index contributed by atoms with van der Waals surface area (Å²) in [6, 6.07) is 32.5. The van der Waals surface area contributed by atoms with E-state index in [4.69, 9.17) is 29.4 Å². The van der Waals surface area contributed by atoms with E-state index < -0.39 is 54.1 Å². The molecule has 21 heteroatoms. The van der Waals surface area contributed by atoms with Crippen LogP contribution in [0.5, 0.6) is 0 Å². The van der Waals surface area contributed by atoms with Crippen molar-refractivity contribution in [2.24, 2.45) is 12.8 Å². The van der Waals surface area contributed by atoms with Crippen LogP contribution in [0, 0.1) is 0 Å². The fraction of sp³-hybridized carbons (Fsp3) is 0.433. The highest BCUT2D eigenvalue weighted by Crippen LogP contribution is 2.45. The number of carbonyl (C=O) groups is 7. The number of aryl methyl sites for hydroxylation is 4. The van der Waals surface area contributed by atoms with Crippen molar-refractivity contribution in [1.29, 1.82) is 0 Å². The van der Waals surface area contributed by atoms with Gasteiger partial charge >= 0.3 is 11.8 Å². The number of likely N-dealkylation sites (N-methyl/N-ethyl adjacent to an activating group) is 1. The lowest BCUT2D eigenvalue weighted by atomic mass is 9.98. The van der Waals surface area contributed by atoms with E-state index in [2.05, 4.69) is 28.1 Å². The number of primary amides is 1. The van der Waals surface area contributed by atoms with Gasteiger partial charge in [-0.3, -0.25) is 47.7 Å². The van der Waals surface area contributed by atoms with Crippen LogP contribution < -0.4 is 32.3 Å². The molecule has 5 N–H and O–H groups in total. The predicted molar refractivity (Wildman–Crippen MR) is 328 cm³/mol. The van der Waals surface area contributed by atoms with E-state index >= 15 is 0 Å². The molecule has 464 valence electrons. The van der Waals surface area contributed by atoms with Crippen LogP contribution in [0.15, 0.2) is 114 Å². The monoisotopic (exact) mass is 1200 g/mol. The second kappa shape index (κ2) is 29.0. The molecule has 1 aliphatic carbocycles. The SMILES string of the molecule is C[C@@H](OCc1ccc(CCCNC(=O)COCCOCCOCCCc2ccc3c(c2)n(C)c(=O)n3C2CCC(=O)N(C)C2=O)cc1)[C@H](CCC(N)=O)NC(=O)[C@@H]1Cc2cccc3c2N1C(=O)[C@@H](NC(=O)OCC1c2ccccc2-c2ccccc21)CC3. The van der Waals surface area contributed by atoms with Crippen molar-refractivity contribution in [3.8, 4) is 11.1 Å². The number of anilines is 1. The van der Waals surface area contributed by atoms with Crippen molar-refractivity contribution in [2.45, 2.75) is 120 Å². The van der Waals surface area contributed by atoms with Crippen LogP contribution in [0.25, 0.3) is 22.2 Å². The van der Waals surface area contributed by atoms with E-state index in [9.17, 15) is 38.4 Å². The molecule has 1 aromatic heterocycles. The molecular weight excluding hydrogens is 1120 g/mol. The first-order valence-corrected chi connectivity index (χ1v) is 30.5. The van der Waals surface area contributed by atoms with E-state index in [1.165, 1.54) is 16.5 Å².